The van der Waals surface area contributed by atoms with Crippen molar-refractivity contribution in [2.45, 2.75) is 77.7 Å². The fourth-order valence-electron chi connectivity index (χ4n) is 1.65. The molecule has 0 fully saturated rings. The van der Waals surface area contributed by atoms with Crippen LogP contribution < -0.4 is 0 Å². The molecule has 0 saturated heterocycles. The van der Waals surface area contributed by atoms with E-state index >= 15 is 0 Å². The first-order valence-electron chi connectivity index (χ1n) is 7.03. The highest BCUT2D eigenvalue weighted by molar-refractivity contribution is 5.62. The van der Waals surface area contributed by atoms with Crippen molar-refractivity contribution in [1.82, 2.24) is 0 Å². The van der Waals surface area contributed by atoms with Gasteiger partial charge in [-0.15, -0.1) is 6.58 Å². The van der Waals surface area contributed by atoms with Gasteiger partial charge in [-0.3, -0.25) is 4.79 Å². The number of unbranched alkanes of at least 4 members (excludes halogenated alkanes) is 6. The Bertz CT molecular complexity index is 186. The van der Waals surface area contributed by atoms with Crippen LogP contribution in [0.2, 0.25) is 0 Å². The maximum Gasteiger partial charge on any atom is 0.300 e. The number of rotatable bonds is 10. The lowest BCUT2D eigenvalue weighted by atomic mass is 10.1. The normalized spacial score (nSPS) is 11.3. The van der Waals surface area contributed by atoms with Crippen LogP contribution in [-0.4, -0.2) is 22.3 Å². The van der Waals surface area contributed by atoms with E-state index < -0.39 is 5.97 Å². The number of aliphatic hydroxyl groups is 1. The first-order chi connectivity index (χ1) is 8.54. The second-order valence-electron chi connectivity index (χ2n) is 4.61. The lowest BCUT2D eigenvalue weighted by Gasteiger charge is -2.06. The van der Waals surface area contributed by atoms with E-state index in [-0.39, 0.29) is 6.10 Å². The maximum atomic E-state index is 9.42. The van der Waals surface area contributed by atoms with Gasteiger partial charge in [0.1, 0.15) is 0 Å². The molecule has 3 nitrogen and oxygen atoms in total. The maximum absolute atomic E-state index is 9.42. The molecule has 0 heterocycles. The van der Waals surface area contributed by atoms with Crippen LogP contribution >= 0.6 is 0 Å². The molecule has 0 bridgehead atoms. The number of aliphatic hydroxyl groups excluding tert-OH is 1. The fourth-order valence-corrected chi connectivity index (χ4v) is 1.65. The molecule has 0 aliphatic rings. The van der Waals surface area contributed by atoms with Crippen molar-refractivity contribution >= 4 is 5.97 Å². The van der Waals surface area contributed by atoms with Crippen molar-refractivity contribution in [1.29, 1.82) is 0 Å². The zero-order chi connectivity index (χ0) is 14.2. The van der Waals surface area contributed by atoms with Gasteiger partial charge in [-0.05, 0) is 12.8 Å². The monoisotopic (exact) mass is 258 g/mol. The zero-order valence-corrected chi connectivity index (χ0v) is 12.0. The number of carbonyl (C=O) groups is 1. The Balaban J connectivity index is 0. The Kier molecular flexibility index (Phi) is 17.5. The van der Waals surface area contributed by atoms with Gasteiger partial charge in [-0.25, -0.2) is 0 Å². The van der Waals surface area contributed by atoms with Crippen LogP contribution in [0.25, 0.3) is 0 Å². The SMILES string of the molecule is C=CC[C@H](O)CCCCCCCCC.CC(=O)O. The molecular weight excluding hydrogens is 228 g/mol. The molecule has 0 amide bonds. The lowest BCUT2D eigenvalue weighted by molar-refractivity contribution is -0.134. The summed E-state index contributed by atoms with van der Waals surface area (Å²) in [5.74, 6) is -0.833. The van der Waals surface area contributed by atoms with Crippen LogP contribution in [0, 0.1) is 0 Å². The molecule has 3 heteroatoms. The summed E-state index contributed by atoms with van der Waals surface area (Å²) in [6, 6.07) is 0. The Labute approximate surface area is 112 Å². The number of hydrogen-bond acceptors (Lipinski definition) is 2. The van der Waals surface area contributed by atoms with Crippen molar-refractivity contribution in [2.75, 3.05) is 0 Å². The minimum Gasteiger partial charge on any atom is -0.481 e. The standard InChI is InChI=1S/C13H26O.C2H4O2/c1-3-5-6-7-8-9-10-12-13(14)11-4-2;1-2(3)4/h4,13-14H,2-3,5-12H2,1H3;1H3,(H,3,4)/t13-;/m0./s1. The summed E-state index contributed by atoms with van der Waals surface area (Å²) in [5, 5.41) is 16.8. The summed E-state index contributed by atoms with van der Waals surface area (Å²) in [6.45, 7) is 6.94. The Morgan fingerprint density at radius 1 is 1.17 bits per heavy atom. The number of hydrogen-bond donors (Lipinski definition) is 2. The largest absolute Gasteiger partial charge is 0.481 e. The molecule has 0 spiro atoms. The number of aliphatic carboxylic acids is 1. The smallest absolute Gasteiger partial charge is 0.300 e. The highest BCUT2D eigenvalue weighted by Gasteiger charge is 2.00. The molecule has 0 unspecified atom stereocenters. The van der Waals surface area contributed by atoms with E-state index in [1.807, 2.05) is 0 Å². The van der Waals surface area contributed by atoms with Crippen molar-refractivity contribution in [3.05, 3.63) is 12.7 Å². The highest BCUT2D eigenvalue weighted by atomic mass is 16.4. The van der Waals surface area contributed by atoms with Crippen molar-refractivity contribution in [2.24, 2.45) is 0 Å². The zero-order valence-electron chi connectivity index (χ0n) is 12.0. The van der Waals surface area contributed by atoms with Gasteiger partial charge in [0.2, 0.25) is 0 Å². The lowest BCUT2D eigenvalue weighted by Crippen LogP contribution is -2.03. The molecule has 18 heavy (non-hydrogen) atoms. The molecule has 108 valence electrons. The Morgan fingerprint density at radius 3 is 2.06 bits per heavy atom. The van der Waals surface area contributed by atoms with E-state index in [0.717, 1.165) is 19.8 Å². The van der Waals surface area contributed by atoms with Gasteiger partial charge >= 0.3 is 0 Å². The van der Waals surface area contributed by atoms with Gasteiger partial charge in [0.25, 0.3) is 5.97 Å². The van der Waals surface area contributed by atoms with Crippen LogP contribution in [0.5, 0.6) is 0 Å². The average Bonchev–Trinajstić information content (AvgIpc) is 2.27. The minimum atomic E-state index is -0.833. The van der Waals surface area contributed by atoms with Gasteiger partial charge in [0.15, 0.2) is 0 Å². The summed E-state index contributed by atoms with van der Waals surface area (Å²) in [5.41, 5.74) is 0. The van der Waals surface area contributed by atoms with Crippen LogP contribution in [0.4, 0.5) is 0 Å². The summed E-state index contributed by atoms with van der Waals surface area (Å²) in [7, 11) is 0. The van der Waals surface area contributed by atoms with Crippen LogP contribution in [0.15, 0.2) is 12.7 Å². The van der Waals surface area contributed by atoms with Crippen LogP contribution in [-0.2, 0) is 4.79 Å². The second kappa shape index (κ2) is 16.2. The molecule has 0 rings (SSSR count). The second-order valence-corrected chi connectivity index (χ2v) is 4.61. The molecule has 0 saturated carbocycles. The van der Waals surface area contributed by atoms with Gasteiger partial charge in [0.05, 0.1) is 6.10 Å². The molecule has 0 radical (unpaired) electrons. The third-order valence-corrected chi connectivity index (χ3v) is 2.58. The van der Waals surface area contributed by atoms with E-state index in [1.165, 1.54) is 44.9 Å². The summed E-state index contributed by atoms with van der Waals surface area (Å²) in [4.78, 5) is 9.00. The van der Waals surface area contributed by atoms with Crippen LogP contribution in [0.3, 0.4) is 0 Å². The van der Waals surface area contributed by atoms with Gasteiger partial charge < -0.3 is 10.2 Å². The van der Waals surface area contributed by atoms with Gasteiger partial charge in [-0.2, -0.15) is 0 Å². The first-order valence-corrected chi connectivity index (χ1v) is 7.03. The molecule has 1 atom stereocenters. The van der Waals surface area contributed by atoms with Gasteiger partial charge in [-0.1, -0.05) is 57.9 Å². The van der Waals surface area contributed by atoms with Crippen molar-refractivity contribution in [3.63, 3.8) is 0 Å². The predicted molar refractivity (Wildman–Crippen MR) is 76.7 cm³/mol. The van der Waals surface area contributed by atoms with Gasteiger partial charge in [0, 0.05) is 6.92 Å². The van der Waals surface area contributed by atoms with E-state index in [9.17, 15) is 5.11 Å². The van der Waals surface area contributed by atoms with Crippen molar-refractivity contribution in [3.8, 4) is 0 Å². The topological polar surface area (TPSA) is 57.5 Å². The molecule has 2 N–H and O–H groups in total. The number of carboxylic acid groups (broad SMARTS) is 1. The third-order valence-electron chi connectivity index (χ3n) is 2.58. The molecule has 0 aliphatic heterocycles. The molecule has 0 aliphatic carbocycles. The van der Waals surface area contributed by atoms with E-state index in [4.69, 9.17) is 9.90 Å². The quantitative estimate of drug-likeness (QED) is 0.457. The summed E-state index contributed by atoms with van der Waals surface area (Å²) >= 11 is 0. The predicted octanol–water partition coefficient (Wildman–Crippen LogP) is 4.16. The third kappa shape index (κ3) is 24.4. The fraction of sp³-hybridized carbons (Fsp3) is 0.800. The van der Waals surface area contributed by atoms with Crippen LogP contribution in [0.1, 0.15) is 71.6 Å². The summed E-state index contributed by atoms with van der Waals surface area (Å²) in [6.07, 6.45) is 12.6. The molecular formula is C15H30O3. The van der Waals surface area contributed by atoms with E-state index in [0.29, 0.717) is 0 Å². The highest BCUT2D eigenvalue weighted by Crippen LogP contribution is 2.10. The first kappa shape index (κ1) is 19.5. The van der Waals surface area contributed by atoms with E-state index in [1.54, 1.807) is 6.08 Å². The average molecular weight is 258 g/mol. The Morgan fingerprint density at radius 2 is 1.61 bits per heavy atom. The molecule has 0 aromatic heterocycles. The molecule has 0 aromatic rings. The number of carboxylic acids is 1. The van der Waals surface area contributed by atoms with E-state index in [2.05, 4.69) is 13.5 Å². The minimum absolute atomic E-state index is 0.150. The van der Waals surface area contributed by atoms with Crippen molar-refractivity contribution < 1.29 is 15.0 Å². The summed E-state index contributed by atoms with van der Waals surface area (Å²) < 4.78 is 0. The Hall–Kier alpha value is -0.830. The molecule has 0 aromatic carbocycles.